The molecule has 6 nitrogen and oxygen atoms in total. The Morgan fingerprint density at radius 2 is 1.86 bits per heavy atom. The first kappa shape index (κ1) is 30.8. The molecule has 1 heterocycles. The Morgan fingerprint density at radius 1 is 1.07 bits per heavy atom. The molecule has 0 bridgehead atoms. The van der Waals surface area contributed by atoms with Crippen LogP contribution in [0.3, 0.4) is 0 Å². The van der Waals surface area contributed by atoms with E-state index < -0.39 is 0 Å². The van der Waals surface area contributed by atoms with Gasteiger partial charge in [-0.15, -0.1) is 0 Å². The lowest BCUT2D eigenvalue weighted by atomic mass is 9.47. The number of oxime groups is 1. The summed E-state index contributed by atoms with van der Waals surface area (Å²) in [6.07, 6.45) is 13.1. The molecular formula is C37H55N3O3. The molecule has 6 rings (SSSR count). The smallest absolute Gasteiger partial charge is 0.260 e. The van der Waals surface area contributed by atoms with Crippen molar-refractivity contribution in [2.75, 3.05) is 26.7 Å². The van der Waals surface area contributed by atoms with Gasteiger partial charge in [0.1, 0.15) is 0 Å². The Morgan fingerprint density at radius 3 is 2.65 bits per heavy atom. The minimum absolute atomic E-state index is 0.0374. The van der Waals surface area contributed by atoms with E-state index in [1.807, 2.05) is 0 Å². The molecule has 2 N–H and O–H groups in total. The summed E-state index contributed by atoms with van der Waals surface area (Å²) in [6.45, 7) is 11.2. The summed E-state index contributed by atoms with van der Waals surface area (Å²) >= 11 is 0. The van der Waals surface area contributed by atoms with Crippen LogP contribution in [0.15, 0.2) is 47.1 Å². The van der Waals surface area contributed by atoms with Gasteiger partial charge in [-0.05, 0) is 124 Å². The van der Waals surface area contributed by atoms with Gasteiger partial charge in [0.05, 0.1) is 11.8 Å². The number of rotatable bonds is 7. The lowest BCUT2D eigenvalue weighted by Gasteiger charge is -2.57. The van der Waals surface area contributed by atoms with Gasteiger partial charge >= 0.3 is 0 Å². The van der Waals surface area contributed by atoms with E-state index in [4.69, 9.17) is 4.84 Å². The maximum atomic E-state index is 12.8. The van der Waals surface area contributed by atoms with Crippen LogP contribution in [0.1, 0.15) is 97.5 Å². The van der Waals surface area contributed by atoms with Crippen LogP contribution in [0.25, 0.3) is 0 Å². The molecule has 3 saturated carbocycles. The molecule has 5 aliphatic rings. The van der Waals surface area contributed by atoms with Crippen LogP contribution >= 0.6 is 0 Å². The van der Waals surface area contributed by atoms with Crippen LogP contribution in [0, 0.1) is 34.5 Å². The highest BCUT2D eigenvalue weighted by atomic mass is 16.6. The fraction of sp³-hybridized carbons (Fsp3) is 0.730. The number of hydrogen-bond acceptors (Lipinski definition) is 5. The number of nitrogens with one attached hydrogen (secondary N) is 1. The van der Waals surface area contributed by atoms with E-state index in [0.717, 1.165) is 63.1 Å². The predicted molar refractivity (Wildman–Crippen MR) is 173 cm³/mol. The number of carbonyl (C=O) groups is 1. The summed E-state index contributed by atoms with van der Waals surface area (Å²) in [7, 11) is 2.22. The van der Waals surface area contributed by atoms with Crippen LogP contribution in [0.5, 0.6) is 0 Å². The molecule has 1 aromatic carbocycles. The van der Waals surface area contributed by atoms with Crippen molar-refractivity contribution in [3.8, 4) is 0 Å². The van der Waals surface area contributed by atoms with Crippen molar-refractivity contribution in [3.05, 3.63) is 47.5 Å². The van der Waals surface area contributed by atoms with Gasteiger partial charge < -0.3 is 20.2 Å². The number of fused-ring (bicyclic) bond motifs is 5. The van der Waals surface area contributed by atoms with Crippen molar-refractivity contribution >= 4 is 11.6 Å². The number of benzene rings is 1. The molecule has 0 radical (unpaired) electrons. The average Bonchev–Trinajstić information content (AvgIpc) is 3.30. The maximum absolute atomic E-state index is 12.8. The third-order valence-electron chi connectivity index (χ3n) is 13.5. The molecule has 1 aromatic rings. The number of hydrogen-bond donors (Lipinski definition) is 2. The van der Waals surface area contributed by atoms with Gasteiger partial charge in [-0.1, -0.05) is 61.8 Å². The summed E-state index contributed by atoms with van der Waals surface area (Å²) < 4.78 is 0. The molecule has 43 heavy (non-hydrogen) atoms. The fourth-order valence-corrected chi connectivity index (χ4v) is 10.6. The number of allylic oxidation sites excluding steroid dienone is 2. The second-order valence-electron chi connectivity index (χ2n) is 15.5. The van der Waals surface area contributed by atoms with E-state index in [2.05, 4.69) is 86.5 Å². The van der Waals surface area contributed by atoms with E-state index in [-0.39, 0.29) is 34.9 Å². The van der Waals surface area contributed by atoms with Crippen molar-refractivity contribution in [1.82, 2.24) is 10.2 Å². The number of amides is 1. The molecule has 6 heteroatoms. The number of piperidine rings is 1. The topological polar surface area (TPSA) is 74.2 Å². The molecule has 9 atom stereocenters. The first-order valence-electron chi connectivity index (χ1n) is 17.2. The molecule has 1 aliphatic heterocycles. The standard InChI is InChI=1S/C37H55N3O3/c1-25-23-40(5)26(2)22-37(25,27-9-7-6-8-10-27)19-20-38-34(42)24-43-39-29-15-17-35(3)28(21-29)11-12-30-31-13-14-33(41)36(31,4)18-16-32(30)35/h6-10,21,25-26,30-33,41H,11-20,22-24H2,1-5H3,(H,38,42)/t25-,26-,30+,31+,32+,33+,35+,36+,37+/m1/s1. The van der Waals surface area contributed by atoms with Crippen LogP contribution in [-0.4, -0.2) is 60.5 Å². The molecular weight excluding hydrogens is 534 g/mol. The number of nitrogens with zero attached hydrogens (tertiary/aromatic N) is 2. The van der Waals surface area contributed by atoms with E-state index in [1.54, 1.807) is 0 Å². The van der Waals surface area contributed by atoms with Crippen molar-refractivity contribution in [3.63, 3.8) is 0 Å². The van der Waals surface area contributed by atoms with Crippen LogP contribution in [-0.2, 0) is 15.0 Å². The summed E-state index contributed by atoms with van der Waals surface area (Å²) in [5.74, 6) is 2.51. The Labute approximate surface area is 259 Å². The lowest BCUT2D eigenvalue weighted by molar-refractivity contribution is -0.125. The highest BCUT2D eigenvalue weighted by Gasteiger charge is 2.58. The highest BCUT2D eigenvalue weighted by Crippen LogP contribution is 2.65. The lowest BCUT2D eigenvalue weighted by Crippen LogP contribution is -2.52. The van der Waals surface area contributed by atoms with Gasteiger partial charge in [0.15, 0.2) is 6.61 Å². The van der Waals surface area contributed by atoms with Gasteiger partial charge in [0.2, 0.25) is 0 Å². The highest BCUT2D eigenvalue weighted by molar-refractivity contribution is 5.96. The zero-order valence-corrected chi connectivity index (χ0v) is 27.3. The van der Waals surface area contributed by atoms with E-state index >= 15 is 0 Å². The van der Waals surface area contributed by atoms with Gasteiger partial charge in [-0.25, -0.2) is 0 Å². The van der Waals surface area contributed by atoms with Crippen LogP contribution < -0.4 is 5.32 Å². The zero-order valence-electron chi connectivity index (χ0n) is 27.3. The first-order valence-corrected chi connectivity index (χ1v) is 17.2. The normalized spacial score (nSPS) is 42.0. The van der Waals surface area contributed by atoms with E-state index in [9.17, 15) is 9.90 Å². The number of aliphatic hydroxyl groups excluding tert-OH is 1. The first-order chi connectivity index (χ1) is 20.6. The molecule has 0 aromatic heterocycles. The second-order valence-corrected chi connectivity index (χ2v) is 15.5. The Hall–Kier alpha value is -2.18. The van der Waals surface area contributed by atoms with E-state index in [0.29, 0.717) is 30.3 Å². The summed E-state index contributed by atoms with van der Waals surface area (Å²) in [4.78, 5) is 20.9. The molecule has 0 unspecified atom stereocenters. The summed E-state index contributed by atoms with van der Waals surface area (Å²) in [6, 6.07) is 11.4. The maximum Gasteiger partial charge on any atom is 0.260 e. The zero-order chi connectivity index (χ0) is 30.4. The SMILES string of the molecule is C[C@@H]1C[C@](CCNC(=O)CON=C2C=C3CC[C@H]4[C@@H]5CC[C@H](O)[C@@]5(C)CC[C@@H]4[C@@]3(C)CC2)(c2ccccc2)[C@H](C)CN1C. The fourth-order valence-electron chi connectivity index (χ4n) is 10.6. The van der Waals surface area contributed by atoms with Crippen molar-refractivity contribution in [2.24, 2.45) is 39.7 Å². The van der Waals surface area contributed by atoms with Gasteiger partial charge in [0.25, 0.3) is 5.91 Å². The molecule has 0 spiro atoms. The Balaban J connectivity index is 1.03. The minimum atomic E-state index is -0.117. The van der Waals surface area contributed by atoms with Crippen molar-refractivity contribution < 1.29 is 14.7 Å². The van der Waals surface area contributed by atoms with Gasteiger partial charge in [-0.2, -0.15) is 0 Å². The quantitative estimate of drug-likeness (QED) is 0.357. The summed E-state index contributed by atoms with van der Waals surface area (Å²) in [5.41, 5.74) is 4.30. The minimum Gasteiger partial charge on any atom is -0.393 e. The molecule has 1 amide bonds. The molecule has 4 aliphatic carbocycles. The number of aliphatic hydroxyl groups is 1. The van der Waals surface area contributed by atoms with Crippen molar-refractivity contribution in [2.45, 2.75) is 109 Å². The number of carbonyl (C=O) groups excluding carboxylic acids is 1. The largest absolute Gasteiger partial charge is 0.393 e. The molecule has 1 saturated heterocycles. The van der Waals surface area contributed by atoms with E-state index in [1.165, 1.54) is 30.4 Å². The van der Waals surface area contributed by atoms with Gasteiger partial charge in [0, 0.05) is 24.5 Å². The summed E-state index contributed by atoms with van der Waals surface area (Å²) in [5, 5.41) is 18.3. The third-order valence-corrected chi connectivity index (χ3v) is 13.5. The average molecular weight is 590 g/mol. The van der Waals surface area contributed by atoms with Crippen molar-refractivity contribution in [1.29, 1.82) is 0 Å². The number of likely N-dealkylation sites (tertiary alicyclic amines) is 1. The second kappa shape index (κ2) is 12.0. The Bertz CT molecular complexity index is 1230. The molecule has 4 fully saturated rings. The monoisotopic (exact) mass is 589 g/mol. The van der Waals surface area contributed by atoms with Crippen LogP contribution in [0.4, 0.5) is 0 Å². The predicted octanol–water partition coefficient (Wildman–Crippen LogP) is 6.49. The van der Waals surface area contributed by atoms with Gasteiger partial charge in [-0.3, -0.25) is 4.79 Å². The molecule has 236 valence electrons. The third kappa shape index (κ3) is 5.49. The van der Waals surface area contributed by atoms with Crippen LogP contribution in [0.2, 0.25) is 0 Å². The Kier molecular flexibility index (Phi) is 8.58.